The number of rotatable bonds is 1. The minimum atomic E-state index is -0.419. The molecule has 2 rings (SSSR count). The molecule has 0 radical (unpaired) electrons. The molecule has 0 atom stereocenters. The molecule has 0 spiro atoms. The van der Waals surface area contributed by atoms with Crippen molar-refractivity contribution in [3.63, 3.8) is 0 Å². The van der Waals surface area contributed by atoms with E-state index < -0.39 is 5.82 Å². The van der Waals surface area contributed by atoms with Gasteiger partial charge in [0.15, 0.2) is 0 Å². The Labute approximate surface area is 97.9 Å². The normalized spacial score (nSPS) is 10.4. The van der Waals surface area contributed by atoms with Gasteiger partial charge in [0.1, 0.15) is 5.82 Å². The predicted octanol–water partition coefficient (Wildman–Crippen LogP) is 3.43. The lowest BCUT2D eigenvalue weighted by Crippen LogP contribution is -1.97. The topological polar surface area (TPSA) is 38.9 Å². The first kappa shape index (κ1) is 10.9. The predicted molar refractivity (Wildman–Crippen MR) is 63.8 cm³/mol. The van der Waals surface area contributed by atoms with Crippen LogP contribution in [0.3, 0.4) is 0 Å². The minimum Gasteiger partial charge on any atom is -0.397 e. The summed E-state index contributed by atoms with van der Waals surface area (Å²) >= 11 is 5.68. The van der Waals surface area contributed by atoms with Gasteiger partial charge in [0.2, 0.25) is 0 Å². The molecule has 82 valence electrons. The lowest BCUT2D eigenvalue weighted by atomic mass is 10.1. The lowest BCUT2D eigenvalue weighted by Gasteiger charge is -2.08. The molecule has 1 aromatic carbocycles. The SMILES string of the molecule is Cc1ccnc(-c2ccc(Cl)cc2F)c1N. The van der Waals surface area contributed by atoms with Crippen molar-refractivity contribution in [1.29, 1.82) is 0 Å². The van der Waals surface area contributed by atoms with Crippen molar-refractivity contribution >= 4 is 17.3 Å². The molecule has 0 saturated carbocycles. The van der Waals surface area contributed by atoms with E-state index in [0.717, 1.165) is 5.56 Å². The van der Waals surface area contributed by atoms with Crippen LogP contribution in [0, 0.1) is 12.7 Å². The summed E-state index contributed by atoms with van der Waals surface area (Å²) < 4.78 is 13.7. The third-order valence-corrected chi connectivity index (χ3v) is 2.63. The van der Waals surface area contributed by atoms with Gasteiger partial charge in [-0.1, -0.05) is 11.6 Å². The van der Waals surface area contributed by atoms with E-state index in [-0.39, 0.29) is 0 Å². The van der Waals surface area contributed by atoms with Crippen molar-refractivity contribution in [2.24, 2.45) is 0 Å². The summed E-state index contributed by atoms with van der Waals surface area (Å²) in [5.74, 6) is -0.419. The maximum absolute atomic E-state index is 13.7. The summed E-state index contributed by atoms with van der Waals surface area (Å²) in [6.45, 7) is 1.86. The fourth-order valence-electron chi connectivity index (χ4n) is 1.47. The van der Waals surface area contributed by atoms with Crippen molar-refractivity contribution in [2.45, 2.75) is 6.92 Å². The Morgan fingerprint density at radius 2 is 2.06 bits per heavy atom. The molecule has 2 nitrogen and oxygen atoms in total. The molecule has 2 N–H and O–H groups in total. The quantitative estimate of drug-likeness (QED) is 0.824. The average Bonchev–Trinajstić information content (AvgIpc) is 2.23. The third-order valence-electron chi connectivity index (χ3n) is 2.39. The van der Waals surface area contributed by atoms with E-state index in [1.807, 2.05) is 6.92 Å². The maximum Gasteiger partial charge on any atom is 0.134 e. The van der Waals surface area contributed by atoms with Gasteiger partial charge in [0, 0.05) is 16.8 Å². The highest BCUT2D eigenvalue weighted by molar-refractivity contribution is 6.30. The van der Waals surface area contributed by atoms with Crippen LogP contribution in [0.15, 0.2) is 30.5 Å². The van der Waals surface area contributed by atoms with Gasteiger partial charge in [-0.3, -0.25) is 4.98 Å². The van der Waals surface area contributed by atoms with E-state index in [9.17, 15) is 4.39 Å². The first-order chi connectivity index (χ1) is 7.59. The van der Waals surface area contributed by atoms with Crippen LogP contribution >= 0.6 is 11.6 Å². The van der Waals surface area contributed by atoms with E-state index in [0.29, 0.717) is 22.0 Å². The molecule has 4 heteroatoms. The number of hydrogen-bond acceptors (Lipinski definition) is 2. The number of nitrogen functional groups attached to an aromatic ring is 1. The summed E-state index contributed by atoms with van der Waals surface area (Å²) in [6, 6.07) is 6.23. The first-order valence-electron chi connectivity index (χ1n) is 4.76. The Kier molecular flexibility index (Phi) is 2.79. The standard InChI is InChI=1S/C12H10ClFN2/c1-7-4-5-16-12(11(7)15)9-3-2-8(13)6-10(9)14/h2-6H,15H2,1H3. The zero-order chi connectivity index (χ0) is 11.7. The number of hydrogen-bond donors (Lipinski definition) is 1. The van der Waals surface area contributed by atoms with Crippen molar-refractivity contribution in [3.8, 4) is 11.3 Å². The fraction of sp³-hybridized carbons (Fsp3) is 0.0833. The third kappa shape index (κ3) is 1.86. The zero-order valence-electron chi connectivity index (χ0n) is 8.67. The fourth-order valence-corrected chi connectivity index (χ4v) is 1.62. The van der Waals surface area contributed by atoms with Crippen molar-refractivity contribution in [3.05, 3.63) is 46.9 Å². The molecule has 0 aliphatic carbocycles. The summed E-state index contributed by atoms with van der Waals surface area (Å²) in [6.07, 6.45) is 1.61. The molecular formula is C12H10ClFN2. The molecule has 0 saturated heterocycles. The van der Waals surface area contributed by atoms with Gasteiger partial charge in [-0.25, -0.2) is 4.39 Å². The van der Waals surface area contributed by atoms with Crippen LogP contribution in [0.25, 0.3) is 11.3 Å². The van der Waals surface area contributed by atoms with Crippen LogP contribution in [-0.4, -0.2) is 4.98 Å². The van der Waals surface area contributed by atoms with Crippen LogP contribution in [0.1, 0.15) is 5.56 Å². The molecule has 0 bridgehead atoms. The number of nitrogens with zero attached hydrogens (tertiary/aromatic N) is 1. The van der Waals surface area contributed by atoms with Crippen LogP contribution in [-0.2, 0) is 0 Å². The van der Waals surface area contributed by atoms with Crippen molar-refractivity contribution in [2.75, 3.05) is 5.73 Å². The Hall–Kier alpha value is -1.61. The molecule has 1 heterocycles. The summed E-state index contributed by atoms with van der Waals surface area (Å²) in [5.41, 5.74) is 8.04. The number of aromatic nitrogens is 1. The number of benzene rings is 1. The number of nitrogens with two attached hydrogens (primary N) is 1. The molecule has 0 amide bonds. The van der Waals surface area contributed by atoms with Crippen molar-refractivity contribution < 1.29 is 4.39 Å². The van der Waals surface area contributed by atoms with Gasteiger partial charge in [0.25, 0.3) is 0 Å². The van der Waals surface area contributed by atoms with E-state index in [2.05, 4.69) is 4.98 Å². The van der Waals surface area contributed by atoms with Crippen LogP contribution in [0.4, 0.5) is 10.1 Å². The molecule has 0 unspecified atom stereocenters. The average molecular weight is 237 g/mol. The van der Waals surface area contributed by atoms with Gasteiger partial charge in [0.05, 0.1) is 11.4 Å². The van der Waals surface area contributed by atoms with Crippen molar-refractivity contribution in [1.82, 2.24) is 4.98 Å². The van der Waals surface area contributed by atoms with Crippen LogP contribution in [0.2, 0.25) is 5.02 Å². The summed E-state index contributed by atoms with van der Waals surface area (Å²) in [4.78, 5) is 4.09. The maximum atomic E-state index is 13.7. The van der Waals surface area contributed by atoms with Gasteiger partial charge in [-0.15, -0.1) is 0 Å². The van der Waals surface area contributed by atoms with Crippen LogP contribution in [0.5, 0.6) is 0 Å². The summed E-state index contributed by atoms with van der Waals surface area (Å²) in [7, 11) is 0. The Morgan fingerprint density at radius 1 is 1.31 bits per heavy atom. The number of halogens is 2. The highest BCUT2D eigenvalue weighted by Gasteiger charge is 2.11. The largest absolute Gasteiger partial charge is 0.397 e. The number of aryl methyl sites for hydroxylation is 1. The Bertz CT molecular complexity index is 541. The minimum absolute atomic E-state index is 0.354. The highest BCUT2D eigenvalue weighted by Crippen LogP contribution is 2.29. The smallest absolute Gasteiger partial charge is 0.134 e. The second kappa shape index (κ2) is 4.10. The Morgan fingerprint density at radius 3 is 2.75 bits per heavy atom. The lowest BCUT2D eigenvalue weighted by molar-refractivity contribution is 0.631. The van der Waals surface area contributed by atoms with Gasteiger partial charge in [-0.05, 0) is 36.8 Å². The number of pyridine rings is 1. The monoisotopic (exact) mass is 236 g/mol. The van der Waals surface area contributed by atoms with Gasteiger partial charge in [-0.2, -0.15) is 0 Å². The molecule has 2 aromatic rings. The van der Waals surface area contributed by atoms with E-state index in [1.54, 1.807) is 24.4 Å². The van der Waals surface area contributed by atoms with Gasteiger partial charge < -0.3 is 5.73 Å². The molecule has 0 aliphatic heterocycles. The summed E-state index contributed by atoms with van der Waals surface area (Å²) in [5, 5.41) is 0.354. The van der Waals surface area contributed by atoms with E-state index in [1.165, 1.54) is 6.07 Å². The van der Waals surface area contributed by atoms with Crippen LogP contribution < -0.4 is 5.73 Å². The second-order valence-electron chi connectivity index (χ2n) is 3.51. The van der Waals surface area contributed by atoms with E-state index >= 15 is 0 Å². The van der Waals surface area contributed by atoms with E-state index in [4.69, 9.17) is 17.3 Å². The molecule has 1 aromatic heterocycles. The first-order valence-corrected chi connectivity index (χ1v) is 5.14. The number of anilines is 1. The highest BCUT2D eigenvalue weighted by atomic mass is 35.5. The molecule has 0 fully saturated rings. The zero-order valence-corrected chi connectivity index (χ0v) is 9.42. The van der Waals surface area contributed by atoms with Gasteiger partial charge >= 0.3 is 0 Å². The second-order valence-corrected chi connectivity index (χ2v) is 3.95. The Balaban J connectivity index is 2.63. The molecule has 16 heavy (non-hydrogen) atoms. The molecule has 0 aliphatic rings. The molecular weight excluding hydrogens is 227 g/mol.